The summed E-state index contributed by atoms with van der Waals surface area (Å²) in [5, 5.41) is 25.6. The largest absolute Gasteiger partial charge is 0.748 e. The second-order valence-corrected chi connectivity index (χ2v) is 20.8. The van der Waals surface area contributed by atoms with Crippen LogP contribution >= 0.6 is 11.6 Å². The summed E-state index contributed by atoms with van der Waals surface area (Å²) in [6.45, 7) is 12.7. The quantitative estimate of drug-likeness (QED) is 0.0760. The molecule has 17 heteroatoms. The van der Waals surface area contributed by atoms with Crippen molar-refractivity contribution < 1.29 is 59.2 Å². The first-order valence-electron chi connectivity index (χ1n) is 23.0. The average Bonchev–Trinajstić information content (AvgIpc) is 3.63. The van der Waals surface area contributed by atoms with Crippen molar-refractivity contribution in [2.24, 2.45) is 5.92 Å². The summed E-state index contributed by atoms with van der Waals surface area (Å²) in [7, 11) is -4.27. The van der Waals surface area contributed by atoms with E-state index in [1.54, 1.807) is 9.80 Å². The van der Waals surface area contributed by atoms with Gasteiger partial charge in [0.2, 0.25) is 11.6 Å². The van der Waals surface area contributed by atoms with Crippen molar-refractivity contribution in [3.8, 4) is 0 Å². The van der Waals surface area contributed by atoms with E-state index >= 15 is 0 Å². The first-order valence-corrected chi connectivity index (χ1v) is 25.0. The van der Waals surface area contributed by atoms with Gasteiger partial charge in [-0.1, -0.05) is 68.0 Å². The van der Waals surface area contributed by atoms with Gasteiger partial charge < -0.3 is 34.6 Å². The molecular formula is C49H65ClCuN6O8S-2. The molecule has 2 fully saturated rings. The number of unbranched alkanes of at least 4 members (excludes halogenated alkanes) is 1. The van der Waals surface area contributed by atoms with Gasteiger partial charge in [-0.2, -0.15) is 4.58 Å². The van der Waals surface area contributed by atoms with Crippen LogP contribution < -0.4 is 20.4 Å². The van der Waals surface area contributed by atoms with Crippen LogP contribution in [0.15, 0.2) is 84.1 Å². The molecule has 2 unspecified atom stereocenters. The van der Waals surface area contributed by atoms with Gasteiger partial charge >= 0.3 is 0 Å². The number of carboxylic acid groups (broad SMARTS) is 2. The minimum absolute atomic E-state index is 0. The molecule has 3 heterocycles. The van der Waals surface area contributed by atoms with Gasteiger partial charge in [-0.3, -0.25) is 19.5 Å². The third-order valence-electron chi connectivity index (χ3n) is 13.5. The molecular weight excluding hydrogens is 932 g/mol. The topological polar surface area (TPSA) is 183 Å². The van der Waals surface area contributed by atoms with Gasteiger partial charge in [-0.05, 0) is 69.6 Å². The summed E-state index contributed by atoms with van der Waals surface area (Å²) in [6, 6.07) is 16.7. The Hall–Kier alpha value is -3.86. The maximum Gasteiger partial charge on any atom is 0.234 e. The number of rotatable bonds is 18. The zero-order valence-corrected chi connectivity index (χ0v) is 41.1. The first-order chi connectivity index (χ1) is 30.8. The molecule has 0 spiro atoms. The number of benzene rings is 2. The van der Waals surface area contributed by atoms with Gasteiger partial charge in [0, 0.05) is 129 Å². The Morgan fingerprint density at radius 2 is 1.41 bits per heavy atom. The number of carboxylic acids is 2. The molecule has 14 nitrogen and oxygen atoms in total. The molecule has 6 rings (SSSR count). The van der Waals surface area contributed by atoms with E-state index in [1.165, 1.54) is 16.7 Å². The minimum Gasteiger partial charge on any atom is -0.748 e. The Morgan fingerprint density at radius 1 is 0.818 bits per heavy atom. The van der Waals surface area contributed by atoms with Crippen LogP contribution in [0.2, 0.25) is 0 Å². The summed E-state index contributed by atoms with van der Waals surface area (Å²) < 4.78 is 36.2. The van der Waals surface area contributed by atoms with E-state index in [1.807, 2.05) is 23.1 Å². The van der Waals surface area contributed by atoms with E-state index < -0.39 is 22.1 Å². The molecule has 1 radical (unpaired) electrons. The molecule has 2 atom stereocenters. The standard InChI is InChI=1S/C49H67ClN6O8S.Cu/c1-48(2)38-15-5-7-17-40(38)55(24-9-10-32-65(62,63)64)42(48)21-19-36-13-11-14-37(47(36)50)20-22-43-49(3,4)39-16-6-8-18-41(39)56(43)25-12-23-51-44(57)33-52-26-28-53(34-45(58)59)30-31-54(29-27-52)35-46(60)61;/h5-8,15-22,36,47H,9-14,23-35H2,1-4H3,(H3-,51,57,58,59,60,61,62,63,64);/p-2/b21-19+,37-20+,43-22+;. The number of hydrogen-bond donors (Lipinski definition) is 1. The fourth-order valence-corrected chi connectivity index (χ4v) is 10.9. The molecule has 3 aliphatic heterocycles. The number of halogens is 1. The Bertz CT molecular complexity index is 2270. The molecule has 1 saturated heterocycles. The molecule has 365 valence electrons. The first kappa shape index (κ1) is 53.1. The normalized spacial score (nSPS) is 22.7. The fourth-order valence-electron chi connectivity index (χ4n) is 9.93. The smallest absolute Gasteiger partial charge is 0.234 e. The Morgan fingerprint density at radius 3 is 2.03 bits per heavy atom. The summed E-state index contributed by atoms with van der Waals surface area (Å²) in [6.07, 6.45) is 13.3. The number of alkyl halides is 1. The molecule has 0 aromatic heterocycles. The Labute approximate surface area is 406 Å². The van der Waals surface area contributed by atoms with E-state index in [2.05, 4.69) is 97.1 Å². The molecule has 4 aliphatic rings. The van der Waals surface area contributed by atoms with E-state index in [0.29, 0.717) is 78.2 Å². The maximum atomic E-state index is 13.2. The number of aliphatic carboxylic acids is 2. The number of hydrogen-bond acceptors (Lipinski definition) is 12. The number of carbonyl (C=O) groups excluding carboxylic acids is 3. The average molecular weight is 997 g/mol. The molecule has 1 aliphatic carbocycles. The summed E-state index contributed by atoms with van der Waals surface area (Å²) >= 11 is 7.37. The number of nitrogens with zero attached hydrogens (tertiary/aromatic N) is 5. The van der Waals surface area contributed by atoms with Gasteiger partial charge in [-0.15, -0.1) is 11.6 Å². The van der Waals surface area contributed by atoms with Gasteiger partial charge in [0.15, 0.2) is 5.71 Å². The van der Waals surface area contributed by atoms with Crippen molar-refractivity contribution in [1.82, 2.24) is 20.0 Å². The van der Waals surface area contributed by atoms with Crippen molar-refractivity contribution in [3.05, 3.63) is 95.2 Å². The second kappa shape index (κ2) is 23.4. The van der Waals surface area contributed by atoms with Crippen molar-refractivity contribution in [2.45, 2.75) is 82.4 Å². The van der Waals surface area contributed by atoms with Gasteiger partial charge in [0.05, 0.1) is 39.4 Å². The summed E-state index contributed by atoms with van der Waals surface area (Å²) in [4.78, 5) is 43.6. The summed E-state index contributed by atoms with van der Waals surface area (Å²) in [5.74, 6) is -2.83. The number of para-hydroxylation sites is 2. The van der Waals surface area contributed by atoms with Crippen molar-refractivity contribution in [2.75, 3.05) is 89.2 Å². The SMILES string of the molecule is CC1(C)C(/C=C/C2CCC/C(=C\C=C3\N(CCCNC(=O)CN4CCN(CC(=O)[O-])CCN(CC(=O)[O-])CC4)c4ccccc4C3(C)C)C2Cl)=[N+](CCCCS(=O)(=O)[O-])c2ccccc21.[Cu]. The zero-order chi connectivity index (χ0) is 46.9. The number of allylic oxidation sites excluding steroid dienone is 6. The van der Waals surface area contributed by atoms with Crippen LogP contribution in [-0.2, 0) is 52.4 Å². The second-order valence-electron chi connectivity index (χ2n) is 18.8. The number of fused-ring (bicyclic) bond motifs is 2. The van der Waals surface area contributed by atoms with Gasteiger partial charge in [0.25, 0.3) is 0 Å². The predicted molar refractivity (Wildman–Crippen MR) is 249 cm³/mol. The van der Waals surface area contributed by atoms with Gasteiger partial charge in [0.1, 0.15) is 6.54 Å². The van der Waals surface area contributed by atoms with Crippen LogP contribution in [0.5, 0.6) is 0 Å². The fraction of sp³-hybridized carbons (Fsp3) is 0.551. The molecule has 2 aromatic carbocycles. The van der Waals surface area contributed by atoms with Crippen LogP contribution in [0.1, 0.15) is 77.3 Å². The third kappa shape index (κ3) is 13.6. The van der Waals surface area contributed by atoms with E-state index in [0.717, 1.165) is 42.0 Å². The minimum atomic E-state index is -4.27. The van der Waals surface area contributed by atoms with Gasteiger partial charge in [-0.25, -0.2) is 8.42 Å². The number of nitrogens with one attached hydrogen (secondary N) is 1. The van der Waals surface area contributed by atoms with Crippen LogP contribution in [-0.4, -0.2) is 145 Å². The van der Waals surface area contributed by atoms with E-state index in [-0.39, 0.29) is 70.5 Å². The van der Waals surface area contributed by atoms with E-state index in [4.69, 9.17) is 11.6 Å². The number of carbonyl (C=O) groups is 3. The number of anilines is 1. The predicted octanol–water partition coefficient (Wildman–Crippen LogP) is 2.88. The summed E-state index contributed by atoms with van der Waals surface area (Å²) in [5.41, 5.74) is 7.56. The van der Waals surface area contributed by atoms with Crippen molar-refractivity contribution in [1.29, 1.82) is 0 Å². The zero-order valence-electron chi connectivity index (χ0n) is 38.6. The van der Waals surface area contributed by atoms with Crippen LogP contribution in [0.4, 0.5) is 11.4 Å². The molecule has 1 N–H and O–H groups in total. The third-order valence-corrected chi connectivity index (χ3v) is 14.9. The Balaban J connectivity index is 0.00000817. The molecule has 2 aromatic rings. The van der Waals surface area contributed by atoms with Crippen LogP contribution in [0, 0.1) is 5.92 Å². The van der Waals surface area contributed by atoms with Crippen molar-refractivity contribution >= 4 is 56.7 Å². The molecule has 0 bridgehead atoms. The number of amides is 1. The Kier molecular flexibility index (Phi) is 18.9. The van der Waals surface area contributed by atoms with E-state index in [9.17, 15) is 37.6 Å². The monoisotopic (exact) mass is 995 g/mol. The van der Waals surface area contributed by atoms with Crippen molar-refractivity contribution in [3.63, 3.8) is 0 Å². The van der Waals surface area contributed by atoms with Crippen LogP contribution in [0.3, 0.4) is 0 Å². The molecule has 1 saturated carbocycles. The maximum absolute atomic E-state index is 13.2. The molecule has 66 heavy (non-hydrogen) atoms. The van der Waals surface area contributed by atoms with Crippen LogP contribution in [0.25, 0.3) is 0 Å². The molecule has 1 amide bonds.